The lowest BCUT2D eigenvalue weighted by Crippen LogP contribution is -2.31. The molecule has 0 spiro atoms. The maximum atomic E-state index is 6.38. The monoisotopic (exact) mass is 291 g/mol. The molecule has 0 amide bonds. The van der Waals surface area contributed by atoms with E-state index >= 15 is 0 Å². The van der Waals surface area contributed by atoms with E-state index in [1.54, 1.807) is 0 Å². The summed E-state index contributed by atoms with van der Waals surface area (Å²) in [7, 11) is 0. The molecule has 1 aliphatic heterocycles. The minimum absolute atomic E-state index is 0.704. The molecule has 3 rings (SSSR count). The van der Waals surface area contributed by atoms with Crippen molar-refractivity contribution < 1.29 is 0 Å². The van der Waals surface area contributed by atoms with Gasteiger partial charge in [0.2, 0.25) is 0 Å². The van der Waals surface area contributed by atoms with Crippen LogP contribution in [0.25, 0.3) is 11.0 Å². The van der Waals surface area contributed by atoms with E-state index in [1.165, 1.54) is 18.7 Å². The molecule has 1 aromatic heterocycles. The Morgan fingerprint density at radius 2 is 2.35 bits per heavy atom. The van der Waals surface area contributed by atoms with Crippen molar-refractivity contribution in [2.75, 3.05) is 13.1 Å². The summed E-state index contributed by atoms with van der Waals surface area (Å²) < 4.78 is 2.33. The number of para-hydroxylation sites is 1. The van der Waals surface area contributed by atoms with Gasteiger partial charge in [-0.1, -0.05) is 24.6 Å². The zero-order valence-electron chi connectivity index (χ0n) is 12.0. The van der Waals surface area contributed by atoms with Crippen LogP contribution in [-0.2, 0) is 13.0 Å². The molecule has 4 heteroatoms. The largest absolute Gasteiger partial charge is 0.327 e. The third kappa shape index (κ3) is 2.70. The van der Waals surface area contributed by atoms with Gasteiger partial charge in [-0.2, -0.15) is 0 Å². The lowest BCUT2D eigenvalue weighted by molar-refractivity contribution is 0.366. The second-order valence-corrected chi connectivity index (χ2v) is 6.11. The number of imidazole rings is 1. The third-order valence-electron chi connectivity index (χ3n) is 4.11. The Kier molecular flexibility index (Phi) is 4.27. The van der Waals surface area contributed by atoms with Crippen molar-refractivity contribution >= 4 is 22.6 Å². The first-order valence-corrected chi connectivity index (χ1v) is 8.01. The van der Waals surface area contributed by atoms with Crippen LogP contribution in [0.5, 0.6) is 0 Å². The average Bonchev–Trinajstić information content (AvgIpc) is 2.80. The molecular formula is C16H22ClN3. The van der Waals surface area contributed by atoms with Crippen LogP contribution in [0.4, 0.5) is 0 Å². The maximum Gasteiger partial charge on any atom is 0.110 e. The van der Waals surface area contributed by atoms with E-state index in [0.29, 0.717) is 5.92 Å². The highest BCUT2D eigenvalue weighted by Gasteiger charge is 2.19. The van der Waals surface area contributed by atoms with E-state index in [9.17, 15) is 0 Å². The molecule has 1 fully saturated rings. The summed E-state index contributed by atoms with van der Waals surface area (Å²) in [5, 5.41) is 4.30. The van der Waals surface area contributed by atoms with Crippen LogP contribution >= 0.6 is 11.6 Å². The minimum Gasteiger partial charge on any atom is -0.327 e. The van der Waals surface area contributed by atoms with Gasteiger partial charge in [-0.15, -0.1) is 0 Å². The van der Waals surface area contributed by atoms with Crippen LogP contribution in [0.15, 0.2) is 18.2 Å². The van der Waals surface area contributed by atoms with Crippen molar-refractivity contribution in [1.82, 2.24) is 14.9 Å². The van der Waals surface area contributed by atoms with Crippen LogP contribution < -0.4 is 5.32 Å². The Balaban J connectivity index is 1.96. The second kappa shape index (κ2) is 6.15. The Morgan fingerprint density at radius 3 is 3.10 bits per heavy atom. The lowest BCUT2D eigenvalue weighted by Gasteiger charge is -2.22. The van der Waals surface area contributed by atoms with E-state index in [-0.39, 0.29) is 0 Å². The number of fused-ring (bicyclic) bond motifs is 1. The van der Waals surface area contributed by atoms with Crippen LogP contribution in [-0.4, -0.2) is 22.6 Å². The predicted octanol–water partition coefficient (Wildman–Crippen LogP) is 3.64. The van der Waals surface area contributed by atoms with Gasteiger partial charge in [0, 0.05) is 13.0 Å². The molecule has 1 atom stereocenters. The first-order valence-electron chi connectivity index (χ1n) is 7.64. The standard InChI is InChI=1S/C16H22ClN3/c1-2-9-20-15(10-12-5-4-8-18-11-12)19-14-7-3-6-13(17)16(14)20/h3,6-7,12,18H,2,4-5,8-11H2,1H3. The molecule has 0 radical (unpaired) electrons. The fourth-order valence-electron chi connectivity index (χ4n) is 3.17. The number of hydrogen-bond donors (Lipinski definition) is 1. The highest BCUT2D eigenvalue weighted by molar-refractivity contribution is 6.35. The number of nitrogens with zero attached hydrogens (tertiary/aromatic N) is 2. The summed E-state index contributed by atoms with van der Waals surface area (Å²) in [4.78, 5) is 4.84. The predicted molar refractivity (Wildman–Crippen MR) is 84.3 cm³/mol. The topological polar surface area (TPSA) is 29.9 Å². The highest BCUT2D eigenvalue weighted by Crippen LogP contribution is 2.27. The van der Waals surface area contributed by atoms with E-state index in [2.05, 4.69) is 22.9 Å². The Bertz CT molecular complexity index is 585. The van der Waals surface area contributed by atoms with Gasteiger partial charge in [0.25, 0.3) is 0 Å². The minimum atomic E-state index is 0.704. The van der Waals surface area contributed by atoms with Crippen LogP contribution in [0.2, 0.25) is 5.02 Å². The fourth-order valence-corrected chi connectivity index (χ4v) is 3.44. The van der Waals surface area contributed by atoms with Crippen molar-refractivity contribution in [2.24, 2.45) is 5.92 Å². The number of nitrogens with one attached hydrogen (secondary N) is 1. The average molecular weight is 292 g/mol. The second-order valence-electron chi connectivity index (χ2n) is 5.70. The molecule has 1 unspecified atom stereocenters. The third-order valence-corrected chi connectivity index (χ3v) is 4.42. The van der Waals surface area contributed by atoms with E-state index in [1.807, 2.05) is 12.1 Å². The van der Waals surface area contributed by atoms with Crippen molar-refractivity contribution in [3.05, 3.63) is 29.0 Å². The van der Waals surface area contributed by atoms with Crippen LogP contribution in [0.3, 0.4) is 0 Å². The summed E-state index contributed by atoms with van der Waals surface area (Å²) in [6.45, 7) is 5.47. The summed E-state index contributed by atoms with van der Waals surface area (Å²) >= 11 is 6.38. The normalized spacial score (nSPS) is 19.6. The Labute approximate surface area is 125 Å². The quantitative estimate of drug-likeness (QED) is 0.932. The summed E-state index contributed by atoms with van der Waals surface area (Å²) in [6, 6.07) is 6.01. The number of benzene rings is 1. The molecule has 2 heterocycles. The molecule has 1 N–H and O–H groups in total. The number of rotatable bonds is 4. The van der Waals surface area contributed by atoms with Crippen molar-refractivity contribution in [3.63, 3.8) is 0 Å². The molecule has 20 heavy (non-hydrogen) atoms. The van der Waals surface area contributed by atoms with Crippen LogP contribution in [0, 0.1) is 5.92 Å². The van der Waals surface area contributed by atoms with Gasteiger partial charge in [-0.3, -0.25) is 0 Å². The SMILES string of the molecule is CCCn1c(CC2CCCNC2)nc2cccc(Cl)c21. The molecule has 108 valence electrons. The lowest BCUT2D eigenvalue weighted by atomic mass is 9.96. The van der Waals surface area contributed by atoms with Crippen LogP contribution in [0.1, 0.15) is 32.0 Å². The zero-order valence-corrected chi connectivity index (χ0v) is 12.8. The highest BCUT2D eigenvalue weighted by atomic mass is 35.5. The fraction of sp³-hybridized carbons (Fsp3) is 0.562. The van der Waals surface area contributed by atoms with Gasteiger partial charge in [0.05, 0.1) is 16.1 Å². The molecule has 1 saturated heterocycles. The molecule has 1 aliphatic rings. The number of piperidine rings is 1. The number of aromatic nitrogens is 2. The van der Waals surface area contributed by atoms with E-state index in [0.717, 1.165) is 48.5 Å². The maximum absolute atomic E-state index is 6.38. The van der Waals surface area contributed by atoms with Gasteiger partial charge >= 0.3 is 0 Å². The van der Waals surface area contributed by atoms with E-state index in [4.69, 9.17) is 16.6 Å². The van der Waals surface area contributed by atoms with Gasteiger partial charge in [-0.25, -0.2) is 4.98 Å². The van der Waals surface area contributed by atoms with Crippen molar-refractivity contribution in [1.29, 1.82) is 0 Å². The van der Waals surface area contributed by atoms with Gasteiger partial charge in [0.1, 0.15) is 5.82 Å². The zero-order chi connectivity index (χ0) is 13.9. The molecule has 2 aromatic rings. The Hall–Kier alpha value is -1.06. The summed E-state index contributed by atoms with van der Waals surface area (Å²) in [6.07, 6.45) is 4.74. The first-order chi connectivity index (χ1) is 9.79. The number of halogens is 1. The first kappa shape index (κ1) is 13.9. The van der Waals surface area contributed by atoms with Gasteiger partial charge in [0.15, 0.2) is 0 Å². The van der Waals surface area contributed by atoms with Gasteiger partial charge < -0.3 is 9.88 Å². The molecule has 0 aliphatic carbocycles. The number of hydrogen-bond acceptors (Lipinski definition) is 2. The molecule has 0 saturated carbocycles. The van der Waals surface area contributed by atoms with Crippen molar-refractivity contribution in [2.45, 2.75) is 39.2 Å². The summed E-state index contributed by atoms with van der Waals surface area (Å²) in [5.74, 6) is 1.90. The van der Waals surface area contributed by atoms with Crippen molar-refractivity contribution in [3.8, 4) is 0 Å². The Morgan fingerprint density at radius 1 is 1.45 bits per heavy atom. The molecule has 1 aromatic carbocycles. The molecular weight excluding hydrogens is 270 g/mol. The number of aryl methyl sites for hydroxylation is 1. The van der Waals surface area contributed by atoms with Gasteiger partial charge in [-0.05, 0) is 50.4 Å². The molecule has 0 bridgehead atoms. The summed E-state index contributed by atoms with van der Waals surface area (Å²) in [5.41, 5.74) is 2.14. The smallest absolute Gasteiger partial charge is 0.110 e. The molecule has 3 nitrogen and oxygen atoms in total. The van der Waals surface area contributed by atoms with E-state index < -0.39 is 0 Å².